The molecule has 0 saturated carbocycles. The summed E-state index contributed by atoms with van der Waals surface area (Å²) >= 11 is 1.47. The lowest BCUT2D eigenvalue weighted by atomic mass is 10.3. The fraction of sp³-hybridized carbons (Fsp3) is 0.133. The Hall–Kier alpha value is -1.99. The van der Waals surface area contributed by atoms with Crippen molar-refractivity contribution in [2.75, 3.05) is 16.3 Å². The summed E-state index contributed by atoms with van der Waals surface area (Å²) in [5.74, 6) is -0.206. The molecule has 0 radical (unpaired) electrons. The summed E-state index contributed by atoms with van der Waals surface area (Å²) in [6, 6.07) is 13.2. The molecule has 0 bridgehead atoms. The maximum Gasteiger partial charge on any atom is 0.261 e. The number of hydrogen-bond donors (Lipinski definition) is 2. The van der Waals surface area contributed by atoms with Gasteiger partial charge in [-0.25, -0.2) is 8.42 Å². The molecule has 1 amide bonds. The Kier molecular flexibility index (Phi) is 5.10. The van der Waals surface area contributed by atoms with Crippen LogP contribution in [0.2, 0.25) is 0 Å². The number of rotatable bonds is 5. The maximum absolute atomic E-state index is 12.4. The zero-order chi connectivity index (χ0) is 16.2. The monoisotopic (exact) mass is 336 g/mol. The average Bonchev–Trinajstić information content (AvgIpc) is 2.47. The van der Waals surface area contributed by atoms with Gasteiger partial charge in [-0.05, 0) is 42.7 Å². The summed E-state index contributed by atoms with van der Waals surface area (Å²) in [5.41, 5.74) is 1.09. The molecule has 0 fully saturated rings. The zero-order valence-electron chi connectivity index (χ0n) is 12.2. The summed E-state index contributed by atoms with van der Waals surface area (Å²) in [4.78, 5) is 11.9. The number of anilines is 2. The van der Waals surface area contributed by atoms with Crippen molar-refractivity contribution in [1.82, 2.24) is 0 Å². The van der Waals surface area contributed by atoms with Crippen LogP contribution < -0.4 is 10.0 Å². The third-order valence-corrected chi connectivity index (χ3v) is 5.01. The molecule has 2 N–H and O–H groups in total. The molecular formula is C15H16N2O3S2. The van der Waals surface area contributed by atoms with E-state index < -0.39 is 10.0 Å². The molecule has 2 aromatic rings. The highest BCUT2D eigenvalue weighted by Crippen LogP contribution is 2.27. The van der Waals surface area contributed by atoms with E-state index in [9.17, 15) is 13.2 Å². The van der Waals surface area contributed by atoms with Crippen LogP contribution in [0, 0.1) is 0 Å². The van der Waals surface area contributed by atoms with Crippen molar-refractivity contribution >= 4 is 39.1 Å². The predicted octanol–water partition coefficient (Wildman–Crippen LogP) is 3.17. The van der Waals surface area contributed by atoms with E-state index in [0.717, 1.165) is 4.90 Å². The summed E-state index contributed by atoms with van der Waals surface area (Å²) in [7, 11) is -3.67. The van der Waals surface area contributed by atoms with Gasteiger partial charge in [-0.2, -0.15) is 0 Å². The van der Waals surface area contributed by atoms with Crippen LogP contribution in [-0.2, 0) is 14.8 Å². The van der Waals surface area contributed by atoms with Gasteiger partial charge in [0, 0.05) is 17.5 Å². The minimum Gasteiger partial charge on any atom is -0.326 e. The molecule has 0 spiro atoms. The maximum atomic E-state index is 12.4. The van der Waals surface area contributed by atoms with E-state index in [1.807, 2.05) is 18.4 Å². The quantitative estimate of drug-likeness (QED) is 0.823. The minimum atomic E-state index is -3.67. The first kappa shape index (κ1) is 16.4. The SMILES string of the molecule is CSc1ccccc1NS(=O)(=O)c1ccc(NC(C)=O)cc1. The van der Waals surface area contributed by atoms with Crippen molar-refractivity contribution in [3.05, 3.63) is 48.5 Å². The van der Waals surface area contributed by atoms with Gasteiger partial charge in [0.05, 0.1) is 10.6 Å². The van der Waals surface area contributed by atoms with Gasteiger partial charge in [0.1, 0.15) is 0 Å². The Morgan fingerprint density at radius 3 is 2.27 bits per heavy atom. The highest BCUT2D eigenvalue weighted by molar-refractivity contribution is 7.99. The van der Waals surface area contributed by atoms with Crippen LogP contribution in [0.1, 0.15) is 6.92 Å². The number of sulfonamides is 1. The van der Waals surface area contributed by atoms with Gasteiger partial charge < -0.3 is 5.32 Å². The third kappa shape index (κ3) is 4.02. The Bertz CT molecular complexity index is 772. The van der Waals surface area contributed by atoms with Crippen LogP contribution in [0.4, 0.5) is 11.4 Å². The molecule has 0 saturated heterocycles. The predicted molar refractivity (Wildman–Crippen MR) is 89.8 cm³/mol. The number of para-hydroxylation sites is 1. The Morgan fingerprint density at radius 1 is 1.05 bits per heavy atom. The second-order valence-corrected chi connectivity index (χ2v) is 7.04. The number of amides is 1. The van der Waals surface area contributed by atoms with Crippen LogP contribution in [0.25, 0.3) is 0 Å². The molecule has 116 valence electrons. The molecule has 5 nitrogen and oxygen atoms in total. The fourth-order valence-electron chi connectivity index (χ4n) is 1.85. The Labute approximate surface area is 134 Å². The number of thioether (sulfide) groups is 1. The lowest BCUT2D eigenvalue weighted by molar-refractivity contribution is -0.114. The Morgan fingerprint density at radius 2 is 1.68 bits per heavy atom. The number of nitrogens with one attached hydrogen (secondary N) is 2. The topological polar surface area (TPSA) is 75.3 Å². The molecule has 0 aliphatic heterocycles. The molecule has 0 aliphatic rings. The second kappa shape index (κ2) is 6.85. The van der Waals surface area contributed by atoms with E-state index in [4.69, 9.17) is 0 Å². The normalized spacial score (nSPS) is 11.0. The Balaban J connectivity index is 2.25. The first-order valence-electron chi connectivity index (χ1n) is 6.46. The lowest BCUT2D eigenvalue weighted by Crippen LogP contribution is -2.13. The lowest BCUT2D eigenvalue weighted by Gasteiger charge is -2.11. The third-order valence-electron chi connectivity index (χ3n) is 2.84. The summed E-state index contributed by atoms with van der Waals surface area (Å²) in [6.07, 6.45) is 1.88. The number of carbonyl (C=O) groups excluding carboxylic acids is 1. The van der Waals surface area contributed by atoms with Gasteiger partial charge in [0.15, 0.2) is 0 Å². The van der Waals surface area contributed by atoms with Gasteiger partial charge >= 0.3 is 0 Å². The second-order valence-electron chi connectivity index (χ2n) is 4.51. The minimum absolute atomic E-state index is 0.137. The van der Waals surface area contributed by atoms with Crippen molar-refractivity contribution in [3.63, 3.8) is 0 Å². The molecule has 22 heavy (non-hydrogen) atoms. The average molecular weight is 336 g/mol. The van der Waals surface area contributed by atoms with Crippen molar-refractivity contribution in [3.8, 4) is 0 Å². The zero-order valence-corrected chi connectivity index (χ0v) is 13.8. The van der Waals surface area contributed by atoms with Gasteiger partial charge in [-0.3, -0.25) is 9.52 Å². The number of hydrogen-bond acceptors (Lipinski definition) is 4. The van der Waals surface area contributed by atoms with Gasteiger partial charge in [-0.15, -0.1) is 11.8 Å². The van der Waals surface area contributed by atoms with E-state index in [0.29, 0.717) is 11.4 Å². The van der Waals surface area contributed by atoms with Crippen LogP contribution in [0.3, 0.4) is 0 Å². The number of carbonyl (C=O) groups is 1. The first-order valence-corrected chi connectivity index (χ1v) is 9.16. The molecule has 7 heteroatoms. The van der Waals surface area contributed by atoms with Gasteiger partial charge in [-0.1, -0.05) is 12.1 Å². The van der Waals surface area contributed by atoms with Crippen LogP contribution in [0.15, 0.2) is 58.3 Å². The van der Waals surface area contributed by atoms with E-state index >= 15 is 0 Å². The van der Waals surface area contributed by atoms with Crippen molar-refractivity contribution < 1.29 is 13.2 Å². The summed E-state index contributed by atoms with van der Waals surface area (Å²) < 4.78 is 27.4. The molecule has 0 heterocycles. The van der Waals surface area contributed by atoms with Crippen molar-refractivity contribution in [2.24, 2.45) is 0 Å². The van der Waals surface area contributed by atoms with E-state index in [-0.39, 0.29) is 10.8 Å². The van der Waals surface area contributed by atoms with E-state index in [1.165, 1.54) is 30.8 Å². The molecule has 0 atom stereocenters. The van der Waals surface area contributed by atoms with Crippen LogP contribution >= 0.6 is 11.8 Å². The molecule has 0 unspecified atom stereocenters. The molecule has 0 aromatic heterocycles. The molecule has 0 aliphatic carbocycles. The number of benzene rings is 2. The first-order chi connectivity index (χ1) is 10.4. The standard InChI is InChI=1S/C15H16N2O3S2/c1-11(18)16-12-7-9-13(10-8-12)22(19,20)17-14-5-3-4-6-15(14)21-2/h3-10,17H,1-2H3,(H,16,18). The largest absolute Gasteiger partial charge is 0.326 e. The van der Waals surface area contributed by atoms with Crippen molar-refractivity contribution in [1.29, 1.82) is 0 Å². The summed E-state index contributed by atoms with van der Waals surface area (Å²) in [6.45, 7) is 1.39. The highest BCUT2D eigenvalue weighted by Gasteiger charge is 2.15. The smallest absolute Gasteiger partial charge is 0.261 e. The van der Waals surface area contributed by atoms with Gasteiger partial charge in [0.25, 0.3) is 10.0 Å². The van der Waals surface area contributed by atoms with Gasteiger partial charge in [0.2, 0.25) is 5.91 Å². The fourth-order valence-corrected chi connectivity index (χ4v) is 3.55. The van der Waals surface area contributed by atoms with E-state index in [1.54, 1.807) is 24.3 Å². The molecule has 2 rings (SSSR count). The van der Waals surface area contributed by atoms with Crippen LogP contribution in [-0.4, -0.2) is 20.6 Å². The van der Waals surface area contributed by atoms with E-state index in [2.05, 4.69) is 10.0 Å². The summed E-state index contributed by atoms with van der Waals surface area (Å²) in [5, 5.41) is 2.59. The molecule has 2 aromatic carbocycles. The molecular weight excluding hydrogens is 320 g/mol. The van der Waals surface area contributed by atoms with Crippen LogP contribution in [0.5, 0.6) is 0 Å². The van der Waals surface area contributed by atoms with Crippen molar-refractivity contribution in [2.45, 2.75) is 16.7 Å². The highest BCUT2D eigenvalue weighted by atomic mass is 32.2.